The first kappa shape index (κ1) is 14.7. The maximum absolute atomic E-state index is 3.72. The quantitative estimate of drug-likeness (QED) is 0.880. The Labute approximate surface area is 132 Å². The van der Waals surface area contributed by atoms with Crippen molar-refractivity contribution in [1.29, 1.82) is 0 Å². The van der Waals surface area contributed by atoms with E-state index in [9.17, 15) is 0 Å². The molecule has 1 aliphatic heterocycles. The van der Waals surface area contributed by atoms with E-state index in [4.69, 9.17) is 0 Å². The molecule has 0 spiro atoms. The van der Waals surface area contributed by atoms with E-state index in [-0.39, 0.29) is 0 Å². The van der Waals surface area contributed by atoms with E-state index < -0.39 is 0 Å². The molecule has 21 heavy (non-hydrogen) atoms. The number of hydrogen-bond donors (Lipinski definition) is 1. The third-order valence-electron chi connectivity index (χ3n) is 4.24. The van der Waals surface area contributed by atoms with Crippen molar-refractivity contribution in [3.8, 4) is 0 Å². The topological polar surface area (TPSA) is 12.0 Å². The third kappa shape index (κ3) is 3.02. The second-order valence-corrected chi connectivity index (χ2v) is 7.14. The predicted octanol–water partition coefficient (Wildman–Crippen LogP) is 4.67. The van der Waals surface area contributed by atoms with E-state index in [1.807, 2.05) is 11.8 Å². The van der Waals surface area contributed by atoms with Crippen LogP contribution in [-0.2, 0) is 6.42 Å². The van der Waals surface area contributed by atoms with E-state index in [1.54, 1.807) is 0 Å². The van der Waals surface area contributed by atoms with Crippen LogP contribution in [0.4, 0.5) is 0 Å². The van der Waals surface area contributed by atoms with Crippen molar-refractivity contribution in [2.24, 2.45) is 0 Å². The molecule has 0 aromatic heterocycles. The summed E-state index contributed by atoms with van der Waals surface area (Å²) in [6.45, 7) is 7.62. The first-order chi connectivity index (χ1) is 10.2. The lowest BCUT2D eigenvalue weighted by Gasteiger charge is -2.26. The minimum atomic E-state index is 0.423. The largest absolute Gasteiger partial charge is 0.309 e. The van der Waals surface area contributed by atoms with E-state index in [1.165, 1.54) is 27.1 Å². The molecule has 0 radical (unpaired) electrons. The van der Waals surface area contributed by atoms with Crippen LogP contribution in [0.25, 0.3) is 0 Å². The maximum Gasteiger partial charge on any atom is 0.0450 e. The molecule has 0 amide bonds. The smallest absolute Gasteiger partial charge is 0.0450 e. The standard InChI is InChI=1S/C19H23NS/c1-4-20-19(16-11-13(2)9-10-14(16)3)18-12-15-7-5-6-8-17(15)21-18/h5-11,18-20H,4,12H2,1-3H3. The Hall–Kier alpha value is -1.25. The van der Waals surface area contributed by atoms with Crippen molar-refractivity contribution in [2.75, 3.05) is 6.54 Å². The van der Waals surface area contributed by atoms with Crippen molar-refractivity contribution >= 4 is 11.8 Å². The summed E-state index contributed by atoms with van der Waals surface area (Å²) >= 11 is 2.03. The van der Waals surface area contributed by atoms with Crippen LogP contribution in [0.3, 0.4) is 0 Å². The fraction of sp³-hybridized carbons (Fsp3) is 0.368. The van der Waals surface area contributed by atoms with Crippen LogP contribution in [0.15, 0.2) is 47.4 Å². The normalized spacial score (nSPS) is 18.5. The van der Waals surface area contributed by atoms with Crippen LogP contribution in [0.5, 0.6) is 0 Å². The van der Waals surface area contributed by atoms with E-state index >= 15 is 0 Å². The molecular formula is C19H23NS. The number of hydrogen-bond acceptors (Lipinski definition) is 2. The zero-order valence-electron chi connectivity index (χ0n) is 13.0. The number of fused-ring (bicyclic) bond motifs is 1. The maximum atomic E-state index is 3.72. The second-order valence-electron chi connectivity index (χ2n) is 5.86. The number of aryl methyl sites for hydroxylation is 2. The summed E-state index contributed by atoms with van der Waals surface area (Å²) in [6.07, 6.45) is 1.16. The Kier molecular flexibility index (Phi) is 4.37. The van der Waals surface area contributed by atoms with Crippen LogP contribution in [-0.4, -0.2) is 11.8 Å². The van der Waals surface area contributed by atoms with Gasteiger partial charge in [0.25, 0.3) is 0 Å². The minimum absolute atomic E-state index is 0.423. The summed E-state index contributed by atoms with van der Waals surface area (Å²) in [5, 5.41) is 4.31. The molecule has 2 heteroatoms. The average Bonchev–Trinajstić information content (AvgIpc) is 2.91. The Morgan fingerprint density at radius 1 is 1.19 bits per heavy atom. The molecule has 0 saturated heterocycles. The molecule has 2 atom stereocenters. The highest BCUT2D eigenvalue weighted by Crippen LogP contribution is 2.43. The fourth-order valence-corrected chi connectivity index (χ4v) is 4.58. The summed E-state index contributed by atoms with van der Waals surface area (Å²) in [7, 11) is 0. The van der Waals surface area contributed by atoms with Crippen LogP contribution >= 0.6 is 11.8 Å². The molecule has 0 saturated carbocycles. The highest BCUT2D eigenvalue weighted by Gasteiger charge is 2.30. The molecule has 1 N–H and O–H groups in total. The summed E-state index contributed by atoms with van der Waals surface area (Å²) < 4.78 is 0. The van der Waals surface area contributed by atoms with Gasteiger partial charge in [-0.2, -0.15) is 0 Å². The van der Waals surface area contributed by atoms with Crippen molar-refractivity contribution < 1.29 is 0 Å². The average molecular weight is 297 g/mol. The molecule has 0 aliphatic carbocycles. The van der Waals surface area contributed by atoms with Gasteiger partial charge in [0, 0.05) is 16.2 Å². The molecule has 2 aromatic rings. The zero-order valence-corrected chi connectivity index (χ0v) is 13.8. The highest BCUT2D eigenvalue weighted by molar-refractivity contribution is 8.00. The first-order valence-corrected chi connectivity index (χ1v) is 8.62. The van der Waals surface area contributed by atoms with Gasteiger partial charge in [0.2, 0.25) is 0 Å². The van der Waals surface area contributed by atoms with Gasteiger partial charge >= 0.3 is 0 Å². The van der Waals surface area contributed by atoms with Gasteiger partial charge in [-0.3, -0.25) is 0 Å². The monoisotopic (exact) mass is 297 g/mol. The van der Waals surface area contributed by atoms with E-state index in [0.29, 0.717) is 11.3 Å². The number of thioether (sulfide) groups is 1. The summed E-state index contributed by atoms with van der Waals surface area (Å²) in [4.78, 5) is 1.45. The van der Waals surface area contributed by atoms with Gasteiger partial charge in [-0.25, -0.2) is 0 Å². The second kappa shape index (κ2) is 6.25. The van der Waals surface area contributed by atoms with Crippen molar-refractivity contribution in [2.45, 2.75) is 43.4 Å². The molecule has 0 fully saturated rings. The van der Waals surface area contributed by atoms with Gasteiger partial charge < -0.3 is 5.32 Å². The third-order valence-corrected chi connectivity index (χ3v) is 5.63. The van der Waals surface area contributed by atoms with Gasteiger partial charge in [-0.05, 0) is 49.6 Å². The fourth-order valence-electron chi connectivity index (χ4n) is 3.15. The molecule has 1 heterocycles. The molecule has 3 rings (SSSR count). The molecule has 2 aromatic carbocycles. The number of rotatable bonds is 4. The molecule has 2 unspecified atom stereocenters. The lowest BCUT2D eigenvalue weighted by atomic mass is 9.94. The van der Waals surface area contributed by atoms with Gasteiger partial charge in [0.05, 0.1) is 0 Å². The lowest BCUT2D eigenvalue weighted by Crippen LogP contribution is -2.30. The number of benzene rings is 2. The van der Waals surface area contributed by atoms with Crippen molar-refractivity contribution in [3.05, 3.63) is 64.7 Å². The van der Waals surface area contributed by atoms with Gasteiger partial charge in [-0.15, -0.1) is 11.8 Å². The lowest BCUT2D eigenvalue weighted by molar-refractivity contribution is 0.529. The molecule has 110 valence electrons. The van der Waals surface area contributed by atoms with Gasteiger partial charge in [-0.1, -0.05) is 48.9 Å². The zero-order chi connectivity index (χ0) is 14.8. The Bertz CT molecular complexity index is 610. The summed E-state index contributed by atoms with van der Waals surface area (Å²) in [6, 6.07) is 16.1. The van der Waals surface area contributed by atoms with Crippen molar-refractivity contribution in [3.63, 3.8) is 0 Å². The van der Waals surface area contributed by atoms with E-state index in [2.05, 4.69) is 68.6 Å². The van der Waals surface area contributed by atoms with Crippen LogP contribution in [0, 0.1) is 13.8 Å². The Morgan fingerprint density at radius 2 is 2.00 bits per heavy atom. The SMILES string of the molecule is CCNC(c1cc(C)ccc1C)C1Cc2ccccc2S1. The minimum Gasteiger partial charge on any atom is -0.309 e. The number of nitrogens with one attached hydrogen (secondary N) is 1. The molecule has 1 nitrogen and oxygen atoms in total. The predicted molar refractivity (Wildman–Crippen MR) is 92.1 cm³/mol. The van der Waals surface area contributed by atoms with Crippen LogP contribution in [0.2, 0.25) is 0 Å². The Morgan fingerprint density at radius 3 is 2.76 bits per heavy atom. The molecule has 0 bridgehead atoms. The van der Waals surface area contributed by atoms with Gasteiger partial charge in [0.1, 0.15) is 0 Å². The first-order valence-electron chi connectivity index (χ1n) is 7.74. The highest BCUT2D eigenvalue weighted by atomic mass is 32.2. The van der Waals surface area contributed by atoms with Crippen LogP contribution < -0.4 is 5.32 Å². The summed E-state index contributed by atoms with van der Waals surface area (Å²) in [5.41, 5.74) is 5.70. The van der Waals surface area contributed by atoms with Crippen LogP contribution in [0.1, 0.15) is 35.2 Å². The molecular weight excluding hydrogens is 274 g/mol. The molecule has 1 aliphatic rings. The summed E-state index contributed by atoms with van der Waals surface area (Å²) in [5.74, 6) is 0. The van der Waals surface area contributed by atoms with E-state index in [0.717, 1.165) is 13.0 Å². The Balaban J connectivity index is 1.91. The van der Waals surface area contributed by atoms with Crippen molar-refractivity contribution in [1.82, 2.24) is 5.32 Å². The van der Waals surface area contributed by atoms with Gasteiger partial charge in [0.15, 0.2) is 0 Å².